The normalized spacial score (nSPS) is 15.1. The Morgan fingerprint density at radius 3 is 2.24 bits per heavy atom. The van der Waals surface area contributed by atoms with Gasteiger partial charge >= 0.3 is 6.09 Å². The van der Waals surface area contributed by atoms with E-state index in [2.05, 4.69) is 5.32 Å². The maximum Gasteiger partial charge on any atom is 0.417 e. The van der Waals surface area contributed by atoms with Gasteiger partial charge in [0, 0.05) is 6.42 Å². The highest BCUT2D eigenvalue weighted by Gasteiger charge is 2.33. The number of hydrogen-bond donors (Lipinski definition) is 1. The second-order valence-electron chi connectivity index (χ2n) is 6.47. The summed E-state index contributed by atoms with van der Waals surface area (Å²) in [6, 6.07) is 16.0. The summed E-state index contributed by atoms with van der Waals surface area (Å²) < 4.78 is 29.4. The van der Waals surface area contributed by atoms with Gasteiger partial charge in [0.1, 0.15) is 0 Å². The van der Waals surface area contributed by atoms with E-state index in [0.717, 1.165) is 4.90 Å². The van der Waals surface area contributed by atoms with Gasteiger partial charge in [-0.1, -0.05) is 48.5 Å². The third kappa shape index (κ3) is 5.20. The lowest BCUT2D eigenvalue weighted by molar-refractivity contribution is -0.127. The Labute approximate surface area is 168 Å². The molecule has 3 amide bonds. The molecule has 8 nitrogen and oxygen atoms in total. The zero-order valence-corrected chi connectivity index (χ0v) is 16.3. The maximum atomic E-state index is 12.4. The third-order valence-corrected chi connectivity index (χ3v) is 6.18. The number of carbonyl (C=O) groups excluding carboxylic acids is 3. The average molecular weight is 416 g/mol. The van der Waals surface area contributed by atoms with Crippen LogP contribution in [-0.2, 0) is 24.2 Å². The minimum absolute atomic E-state index is 0.0984. The van der Waals surface area contributed by atoms with Crippen LogP contribution in [0.2, 0.25) is 0 Å². The molecule has 0 radical (unpaired) electrons. The minimum Gasteiger partial charge on any atom is -0.439 e. The molecule has 0 saturated carbocycles. The van der Waals surface area contributed by atoms with Gasteiger partial charge in [-0.25, -0.2) is 18.1 Å². The average Bonchev–Trinajstić information content (AvgIpc) is 3.05. The van der Waals surface area contributed by atoms with Gasteiger partial charge in [-0.2, -0.15) is 0 Å². The van der Waals surface area contributed by atoms with Crippen LogP contribution < -0.4 is 5.32 Å². The number of amides is 3. The maximum absolute atomic E-state index is 12.4. The van der Waals surface area contributed by atoms with E-state index in [9.17, 15) is 22.8 Å². The predicted molar refractivity (Wildman–Crippen MR) is 103 cm³/mol. The van der Waals surface area contributed by atoms with Gasteiger partial charge in [-0.05, 0) is 17.7 Å². The molecular weight excluding hydrogens is 396 g/mol. The number of nitrogens with one attached hydrogen (secondary N) is 1. The third-order valence-electron chi connectivity index (χ3n) is 4.44. The first-order valence-electron chi connectivity index (χ1n) is 8.96. The molecule has 0 aromatic heterocycles. The fourth-order valence-corrected chi connectivity index (χ4v) is 4.16. The Kier molecular flexibility index (Phi) is 6.28. The Balaban J connectivity index is 1.68. The highest BCUT2D eigenvalue weighted by atomic mass is 32.2. The number of cyclic esters (lactones) is 1. The van der Waals surface area contributed by atoms with E-state index in [4.69, 9.17) is 4.74 Å². The zero-order chi connectivity index (χ0) is 20.9. The monoisotopic (exact) mass is 416 g/mol. The first-order chi connectivity index (χ1) is 13.9. The van der Waals surface area contributed by atoms with Crippen molar-refractivity contribution < 1.29 is 27.5 Å². The predicted octanol–water partition coefficient (Wildman–Crippen LogP) is 1.69. The zero-order valence-electron chi connectivity index (χ0n) is 15.5. The first-order valence-corrected chi connectivity index (χ1v) is 10.6. The molecule has 1 heterocycles. The molecule has 1 aliphatic rings. The summed E-state index contributed by atoms with van der Waals surface area (Å²) in [5.41, 5.74) is 0.680. The van der Waals surface area contributed by atoms with E-state index in [1.165, 1.54) is 12.1 Å². The van der Waals surface area contributed by atoms with E-state index in [-0.39, 0.29) is 30.2 Å². The number of benzene rings is 2. The van der Waals surface area contributed by atoms with Crippen molar-refractivity contribution in [2.24, 2.45) is 0 Å². The van der Waals surface area contributed by atoms with Crippen molar-refractivity contribution in [2.45, 2.75) is 17.4 Å². The van der Waals surface area contributed by atoms with Crippen molar-refractivity contribution in [1.82, 2.24) is 10.2 Å². The lowest BCUT2D eigenvalue weighted by Gasteiger charge is -2.22. The molecule has 1 aliphatic heterocycles. The van der Waals surface area contributed by atoms with Gasteiger partial charge in [0.25, 0.3) is 5.91 Å². The fraction of sp³-hybridized carbons (Fsp3) is 0.250. The van der Waals surface area contributed by atoms with Crippen LogP contribution >= 0.6 is 0 Å². The number of rotatable bonds is 8. The summed E-state index contributed by atoms with van der Waals surface area (Å²) in [7, 11) is -3.60. The molecule has 1 unspecified atom stereocenters. The summed E-state index contributed by atoms with van der Waals surface area (Å²) in [6.45, 7) is -0.428. The molecule has 1 fully saturated rings. The second kappa shape index (κ2) is 8.87. The van der Waals surface area contributed by atoms with E-state index in [1.54, 1.807) is 48.5 Å². The standard InChI is InChI=1S/C20H20N2O6S/c23-18(11-12-29(26,27)16-9-5-2-6-10-16)21-17(15-7-3-1-4-8-15)13-22-19(24)14-28-20(22)25/h1-10,17H,11-14H2,(H,21,23). The van der Waals surface area contributed by atoms with Crippen LogP contribution in [0.1, 0.15) is 18.0 Å². The van der Waals surface area contributed by atoms with Gasteiger partial charge < -0.3 is 10.1 Å². The van der Waals surface area contributed by atoms with Crippen molar-refractivity contribution >= 4 is 27.7 Å². The van der Waals surface area contributed by atoms with Gasteiger partial charge in [-0.15, -0.1) is 0 Å². The van der Waals surface area contributed by atoms with Crippen molar-refractivity contribution in [3.05, 3.63) is 66.2 Å². The van der Waals surface area contributed by atoms with Crippen LogP contribution in [0, 0.1) is 0 Å². The van der Waals surface area contributed by atoms with Crippen LogP contribution in [0.15, 0.2) is 65.6 Å². The molecule has 1 N–H and O–H groups in total. The van der Waals surface area contributed by atoms with Crippen molar-refractivity contribution in [2.75, 3.05) is 18.9 Å². The number of ether oxygens (including phenoxy) is 1. The van der Waals surface area contributed by atoms with Gasteiger partial charge in [0.2, 0.25) is 5.91 Å². The van der Waals surface area contributed by atoms with Gasteiger partial charge in [0.05, 0.1) is 23.2 Å². The molecule has 0 aliphatic carbocycles. The molecule has 3 rings (SSSR count). The number of carbonyl (C=O) groups is 3. The van der Waals surface area contributed by atoms with Crippen LogP contribution in [0.25, 0.3) is 0 Å². The Morgan fingerprint density at radius 2 is 1.66 bits per heavy atom. The summed E-state index contributed by atoms with van der Waals surface area (Å²) in [6.07, 6.45) is -1.02. The Morgan fingerprint density at radius 1 is 1.03 bits per heavy atom. The van der Waals surface area contributed by atoms with Crippen LogP contribution in [-0.4, -0.2) is 50.1 Å². The number of sulfone groups is 1. The summed E-state index contributed by atoms with van der Waals surface area (Å²) in [4.78, 5) is 37.1. The highest BCUT2D eigenvalue weighted by Crippen LogP contribution is 2.18. The van der Waals surface area contributed by atoms with Crippen LogP contribution in [0.5, 0.6) is 0 Å². The molecule has 0 bridgehead atoms. The number of hydrogen-bond acceptors (Lipinski definition) is 6. The SMILES string of the molecule is O=C(CCS(=O)(=O)c1ccccc1)NC(CN1C(=O)COC1=O)c1ccccc1. The van der Waals surface area contributed by atoms with Crippen LogP contribution in [0.4, 0.5) is 4.79 Å². The second-order valence-corrected chi connectivity index (χ2v) is 8.58. The van der Waals surface area contributed by atoms with E-state index in [0.29, 0.717) is 5.56 Å². The molecule has 2 aromatic carbocycles. The summed E-state index contributed by atoms with van der Waals surface area (Å²) in [5, 5.41) is 2.72. The topological polar surface area (TPSA) is 110 Å². The molecule has 152 valence electrons. The Bertz CT molecular complexity index is 976. The molecule has 29 heavy (non-hydrogen) atoms. The first kappa shape index (κ1) is 20.5. The minimum atomic E-state index is -3.60. The Hall–Kier alpha value is -3.20. The van der Waals surface area contributed by atoms with E-state index < -0.39 is 33.8 Å². The molecule has 0 spiro atoms. The van der Waals surface area contributed by atoms with Crippen molar-refractivity contribution in [1.29, 1.82) is 0 Å². The number of nitrogens with zero attached hydrogens (tertiary/aromatic N) is 1. The highest BCUT2D eigenvalue weighted by molar-refractivity contribution is 7.91. The van der Waals surface area contributed by atoms with Crippen molar-refractivity contribution in [3.8, 4) is 0 Å². The lowest BCUT2D eigenvalue weighted by Crippen LogP contribution is -2.40. The van der Waals surface area contributed by atoms with Gasteiger partial charge in [0.15, 0.2) is 16.4 Å². The van der Waals surface area contributed by atoms with Crippen LogP contribution in [0.3, 0.4) is 0 Å². The quantitative estimate of drug-likeness (QED) is 0.701. The van der Waals surface area contributed by atoms with Gasteiger partial charge in [-0.3, -0.25) is 9.59 Å². The van der Waals surface area contributed by atoms with E-state index >= 15 is 0 Å². The van der Waals surface area contributed by atoms with Crippen molar-refractivity contribution in [3.63, 3.8) is 0 Å². The summed E-state index contributed by atoms with van der Waals surface area (Å²) in [5.74, 6) is -1.34. The smallest absolute Gasteiger partial charge is 0.417 e. The number of imide groups is 1. The lowest BCUT2D eigenvalue weighted by atomic mass is 10.1. The largest absolute Gasteiger partial charge is 0.439 e. The molecule has 1 atom stereocenters. The molecule has 2 aromatic rings. The molecule has 9 heteroatoms. The molecule has 1 saturated heterocycles. The molecular formula is C20H20N2O6S. The fourth-order valence-electron chi connectivity index (χ4n) is 2.90. The summed E-state index contributed by atoms with van der Waals surface area (Å²) >= 11 is 0. The van der Waals surface area contributed by atoms with E-state index in [1.807, 2.05) is 0 Å².